The van der Waals surface area contributed by atoms with E-state index >= 15 is 0 Å². The Morgan fingerprint density at radius 2 is 2.38 bits per heavy atom. The molecule has 0 saturated heterocycles. The maximum atomic E-state index is 11.8. The van der Waals surface area contributed by atoms with E-state index in [1.165, 1.54) is 5.56 Å². The van der Waals surface area contributed by atoms with Crippen LogP contribution in [0.25, 0.3) is 0 Å². The van der Waals surface area contributed by atoms with Gasteiger partial charge in [-0.05, 0) is 49.4 Å². The Morgan fingerprint density at radius 3 is 3.12 bits per heavy atom. The summed E-state index contributed by atoms with van der Waals surface area (Å²) in [5.41, 5.74) is 8.81. The van der Waals surface area contributed by atoms with E-state index in [9.17, 15) is 4.79 Å². The highest BCUT2D eigenvalue weighted by Crippen LogP contribution is 2.33. The van der Waals surface area contributed by atoms with Gasteiger partial charge < -0.3 is 10.5 Å². The van der Waals surface area contributed by atoms with E-state index in [1.807, 2.05) is 25.1 Å². The molecule has 1 aromatic carbocycles. The third-order valence-corrected chi connectivity index (χ3v) is 3.05. The van der Waals surface area contributed by atoms with Gasteiger partial charge in [0.2, 0.25) is 0 Å². The third-order valence-electron chi connectivity index (χ3n) is 3.05. The van der Waals surface area contributed by atoms with Gasteiger partial charge in [-0.15, -0.1) is 0 Å². The zero-order valence-corrected chi connectivity index (χ0v) is 9.53. The lowest BCUT2D eigenvalue weighted by Gasteiger charge is -2.24. The normalized spacial score (nSPS) is 18.9. The maximum Gasteiger partial charge on any atom is 0.313 e. The summed E-state index contributed by atoms with van der Waals surface area (Å²) < 4.78 is 5.10. The standard InChI is InChI=1S/C13H17NO2/c1-2-16-13(15)12-5-3-4-9-8-10(14)6-7-11(9)12/h6-8,12H,2-5,14H2,1H3. The van der Waals surface area contributed by atoms with Crippen LogP contribution in [-0.4, -0.2) is 12.6 Å². The van der Waals surface area contributed by atoms with Gasteiger partial charge in [0.25, 0.3) is 0 Å². The Bertz CT molecular complexity index is 401. The topological polar surface area (TPSA) is 52.3 Å². The molecule has 0 amide bonds. The van der Waals surface area contributed by atoms with Crippen molar-refractivity contribution < 1.29 is 9.53 Å². The predicted molar refractivity (Wildman–Crippen MR) is 63.2 cm³/mol. The molecule has 1 atom stereocenters. The van der Waals surface area contributed by atoms with Crippen LogP contribution >= 0.6 is 0 Å². The number of carbonyl (C=O) groups is 1. The third kappa shape index (κ3) is 2.03. The molecule has 0 saturated carbocycles. The molecule has 1 aromatic rings. The molecule has 3 nitrogen and oxygen atoms in total. The van der Waals surface area contributed by atoms with E-state index in [0.29, 0.717) is 6.61 Å². The Labute approximate surface area is 95.6 Å². The van der Waals surface area contributed by atoms with Crippen LogP contribution in [0.1, 0.15) is 36.8 Å². The fourth-order valence-corrected chi connectivity index (χ4v) is 2.32. The maximum absolute atomic E-state index is 11.8. The number of ether oxygens (including phenoxy) is 1. The number of fused-ring (bicyclic) bond motifs is 1. The molecule has 0 spiro atoms. The van der Waals surface area contributed by atoms with Crippen molar-refractivity contribution >= 4 is 11.7 Å². The lowest BCUT2D eigenvalue weighted by molar-refractivity contribution is -0.145. The fourth-order valence-electron chi connectivity index (χ4n) is 2.32. The second-order valence-electron chi connectivity index (χ2n) is 4.16. The minimum atomic E-state index is -0.103. The molecule has 0 aliphatic heterocycles. The molecule has 16 heavy (non-hydrogen) atoms. The predicted octanol–water partition coefficient (Wildman–Crippen LogP) is 2.25. The van der Waals surface area contributed by atoms with Gasteiger partial charge in [0, 0.05) is 5.69 Å². The van der Waals surface area contributed by atoms with E-state index < -0.39 is 0 Å². The van der Waals surface area contributed by atoms with Crippen molar-refractivity contribution in [3.05, 3.63) is 29.3 Å². The Hall–Kier alpha value is -1.51. The van der Waals surface area contributed by atoms with Crippen molar-refractivity contribution in [3.8, 4) is 0 Å². The number of nitrogen functional groups attached to an aromatic ring is 1. The summed E-state index contributed by atoms with van der Waals surface area (Å²) in [6, 6.07) is 5.79. The number of carbonyl (C=O) groups excluding carboxylic acids is 1. The molecule has 0 heterocycles. The quantitative estimate of drug-likeness (QED) is 0.613. The summed E-state index contributed by atoms with van der Waals surface area (Å²) in [6.07, 6.45) is 2.92. The molecule has 3 heteroatoms. The molecule has 1 aliphatic carbocycles. The van der Waals surface area contributed by atoms with E-state index in [1.54, 1.807) is 0 Å². The van der Waals surface area contributed by atoms with Gasteiger partial charge in [0.1, 0.15) is 0 Å². The van der Waals surface area contributed by atoms with Crippen LogP contribution in [0.3, 0.4) is 0 Å². The summed E-state index contributed by atoms with van der Waals surface area (Å²) in [5, 5.41) is 0. The second kappa shape index (κ2) is 4.56. The van der Waals surface area contributed by atoms with Crippen molar-refractivity contribution in [1.29, 1.82) is 0 Å². The number of esters is 1. The fraction of sp³-hybridized carbons (Fsp3) is 0.462. The number of nitrogens with two attached hydrogens (primary N) is 1. The SMILES string of the molecule is CCOC(=O)C1CCCc2cc(N)ccc21. The zero-order chi connectivity index (χ0) is 11.5. The van der Waals surface area contributed by atoms with Gasteiger partial charge in [-0.1, -0.05) is 6.07 Å². The summed E-state index contributed by atoms with van der Waals surface area (Å²) in [6.45, 7) is 2.28. The second-order valence-corrected chi connectivity index (χ2v) is 4.16. The highest BCUT2D eigenvalue weighted by molar-refractivity contribution is 5.79. The van der Waals surface area contributed by atoms with E-state index in [4.69, 9.17) is 10.5 Å². The molecule has 0 aromatic heterocycles. The van der Waals surface area contributed by atoms with Gasteiger partial charge in [0.15, 0.2) is 0 Å². The van der Waals surface area contributed by atoms with Gasteiger partial charge in [-0.2, -0.15) is 0 Å². The first-order valence-electron chi connectivity index (χ1n) is 5.77. The van der Waals surface area contributed by atoms with Gasteiger partial charge >= 0.3 is 5.97 Å². The van der Waals surface area contributed by atoms with Gasteiger partial charge in [0.05, 0.1) is 12.5 Å². The molecular weight excluding hydrogens is 202 g/mol. The smallest absolute Gasteiger partial charge is 0.313 e. The number of hydrogen-bond acceptors (Lipinski definition) is 3. The van der Waals surface area contributed by atoms with Crippen LogP contribution in [0.15, 0.2) is 18.2 Å². The summed E-state index contributed by atoms with van der Waals surface area (Å²) in [7, 11) is 0. The Balaban J connectivity index is 2.29. The number of aryl methyl sites for hydroxylation is 1. The van der Waals surface area contributed by atoms with Crippen molar-refractivity contribution in [2.45, 2.75) is 32.1 Å². The first kappa shape index (κ1) is 11.0. The minimum Gasteiger partial charge on any atom is -0.466 e. The van der Waals surface area contributed by atoms with Crippen LogP contribution in [-0.2, 0) is 16.0 Å². The zero-order valence-electron chi connectivity index (χ0n) is 9.53. The van der Waals surface area contributed by atoms with Crippen LogP contribution < -0.4 is 5.73 Å². The van der Waals surface area contributed by atoms with Gasteiger partial charge in [-0.25, -0.2) is 0 Å². The molecule has 2 rings (SSSR count). The summed E-state index contributed by atoms with van der Waals surface area (Å²) in [5.74, 6) is -0.197. The first-order chi connectivity index (χ1) is 7.72. The number of rotatable bonds is 2. The molecule has 2 N–H and O–H groups in total. The Morgan fingerprint density at radius 1 is 1.56 bits per heavy atom. The molecule has 0 bridgehead atoms. The lowest BCUT2D eigenvalue weighted by Crippen LogP contribution is -2.20. The number of hydrogen-bond donors (Lipinski definition) is 1. The van der Waals surface area contributed by atoms with E-state index in [-0.39, 0.29) is 11.9 Å². The summed E-state index contributed by atoms with van der Waals surface area (Å²) >= 11 is 0. The van der Waals surface area contributed by atoms with Crippen molar-refractivity contribution in [3.63, 3.8) is 0 Å². The van der Waals surface area contributed by atoms with Crippen molar-refractivity contribution in [1.82, 2.24) is 0 Å². The highest BCUT2D eigenvalue weighted by Gasteiger charge is 2.27. The molecule has 86 valence electrons. The van der Waals surface area contributed by atoms with Crippen LogP contribution in [0.2, 0.25) is 0 Å². The highest BCUT2D eigenvalue weighted by atomic mass is 16.5. The van der Waals surface area contributed by atoms with Crippen molar-refractivity contribution in [2.75, 3.05) is 12.3 Å². The first-order valence-corrected chi connectivity index (χ1v) is 5.77. The molecule has 1 unspecified atom stereocenters. The largest absolute Gasteiger partial charge is 0.466 e. The van der Waals surface area contributed by atoms with Crippen molar-refractivity contribution in [2.24, 2.45) is 0 Å². The molecule has 0 radical (unpaired) electrons. The molecule has 1 aliphatic rings. The number of anilines is 1. The van der Waals surface area contributed by atoms with E-state index in [2.05, 4.69) is 0 Å². The molecular formula is C13H17NO2. The van der Waals surface area contributed by atoms with Gasteiger partial charge in [-0.3, -0.25) is 4.79 Å². The Kier molecular flexibility index (Phi) is 3.13. The average Bonchev–Trinajstić information content (AvgIpc) is 2.28. The van der Waals surface area contributed by atoms with Crippen LogP contribution in [0.4, 0.5) is 5.69 Å². The van der Waals surface area contributed by atoms with Crippen LogP contribution in [0.5, 0.6) is 0 Å². The summed E-state index contributed by atoms with van der Waals surface area (Å²) in [4.78, 5) is 11.8. The lowest BCUT2D eigenvalue weighted by atomic mass is 9.82. The van der Waals surface area contributed by atoms with Crippen LogP contribution in [0, 0.1) is 0 Å². The van der Waals surface area contributed by atoms with E-state index in [0.717, 1.165) is 30.5 Å². The molecule has 0 fully saturated rings. The monoisotopic (exact) mass is 219 g/mol. The average molecular weight is 219 g/mol. The minimum absolute atomic E-state index is 0.0932. The number of benzene rings is 1.